The molecule has 0 saturated heterocycles. The molecule has 0 atom stereocenters. The molecule has 0 aliphatic carbocycles. The van der Waals surface area contributed by atoms with Crippen LogP contribution in [0.4, 0.5) is 5.69 Å². The molecule has 1 aromatic carbocycles. The molecule has 0 radical (unpaired) electrons. The third kappa shape index (κ3) is 1.50. The van der Waals surface area contributed by atoms with E-state index in [1.54, 1.807) is 12.1 Å². The van der Waals surface area contributed by atoms with Crippen LogP contribution in [-0.4, -0.2) is 17.4 Å². The molecule has 0 bridgehead atoms. The Balaban J connectivity index is 2.57. The topological polar surface area (TPSA) is 40.5 Å². The number of phenols is 1. The van der Waals surface area contributed by atoms with Gasteiger partial charge in [0.05, 0.1) is 28.6 Å². The van der Waals surface area contributed by atoms with Gasteiger partial charge in [-0.25, -0.2) is 0 Å². The minimum absolute atomic E-state index is 0.110. The molecule has 0 unspecified atom stereocenters. The molecule has 1 heterocycles. The predicted octanol–water partition coefficient (Wildman–Crippen LogP) is 2.13. The fourth-order valence-corrected chi connectivity index (χ4v) is 2.08. The van der Waals surface area contributed by atoms with Gasteiger partial charge in [-0.3, -0.25) is 4.79 Å². The average Bonchev–Trinajstić information content (AvgIpc) is 2.12. The van der Waals surface area contributed by atoms with E-state index in [-0.39, 0.29) is 11.5 Å². The second kappa shape index (κ2) is 3.17. The maximum absolute atomic E-state index is 11.4. The molecule has 1 aromatic rings. The van der Waals surface area contributed by atoms with Crippen molar-refractivity contribution in [1.29, 1.82) is 0 Å². The Morgan fingerprint density at radius 2 is 2.23 bits per heavy atom. The third-order valence-electron chi connectivity index (χ3n) is 2.08. The number of aromatic hydroxyl groups is 1. The van der Waals surface area contributed by atoms with Gasteiger partial charge in [0.15, 0.2) is 5.78 Å². The smallest absolute Gasteiger partial charge is 0.166 e. The van der Waals surface area contributed by atoms with Crippen LogP contribution in [0.15, 0.2) is 18.2 Å². The van der Waals surface area contributed by atoms with E-state index in [0.29, 0.717) is 12.0 Å². The summed E-state index contributed by atoms with van der Waals surface area (Å²) < 4.78 is 1.99. The highest BCUT2D eigenvalue weighted by Crippen LogP contribution is 2.31. The lowest BCUT2D eigenvalue weighted by Gasteiger charge is -2.24. The van der Waals surface area contributed by atoms with Crippen molar-refractivity contribution in [1.82, 2.24) is 0 Å². The third-order valence-corrected chi connectivity index (χ3v) is 3.08. The number of carbonyl (C=O) groups is 1. The van der Waals surface area contributed by atoms with Gasteiger partial charge in [0.25, 0.3) is 0 Å². The number of ketones is 1. The number of fused-ring (bicyclic) bond motifs is 1. The second-order valence-electron chi connectivity index (χ2n) is 2.96. The Morgan fingerprint density at radius 3 is 3.00 bits per heavy atom. The lowest BCUT2D eigenvalue weighted by atomic mass is 10.0. The summed E-state index contributed by atoms with van der Waals surface area (Å²) in [5, 5.41) is 9.22. The highest BCUT2D eigenvalue weighted by atomic mass is 127. The number of hydrogen-bond donors (Lipinski definition) is 1. The van der Waals surface area contributed by atoms with Crippen LogP contribution in [0.3, 0.4) is 0 Å². The van der Waals surface area contributed by atoms with Crippen molar-refractivity contribution in [3.05, 3.63) is 23.8 Å². The first-order valence-electron chi connectivity index (χ1n) is 3.98. The zero-order valence-corrected chi connectivity index (χ0v) is 8.98. The first-order chi connectivity index (χ1) is 6.18. The molecule has 0 fully saturated rings. The Labute approximate surface area is 89.9 Å². The number of Topliss-reactive ketones (excluding diaryl/α,β-unsaturated/α-hetero) is 1. The van der Waals surface area contributed by atoms with Crippen LogP contribution in [0.1, 0.15) is 16.8 Å². The maximum Gasteiger partial charge on any atom is 0.166 e. The van der Waals surface area contributed by atoms with E-state index < -0.39 is 0 Å². The molecule has 68 valence electrons. The van der Waals surface area contributed by atoms with Crippen LogP contribution in [0.2, 0.25) is 0 Å². The first kappa shape index (κ1) is 8.80. The number of nitrogens with zero attached hydrogens (tertiary/aromatic N) is 1. The van der Waals surface area contributed by atoms with Crippen molar-refractivity contribution in [3.63, 3.8) is 0 Å². The van der Waals surface area contributed by atoms with Crippen molar-refractivity contribution in [2.45, 2.75) is 6.42 Å². The molecule has 13 heavy (non-hydrogen) atoms. The van der Waals surface area contributed by atoms with Gasteiger partial charge in [-0.15, -0.1) is 0 Å². The average molecular weight is 289 g/mol. The number of benzene rings is 1. The lowest BCUT2D eigenvalue weighted by Crippen LogP contribution is -2.23. The van der Waals surface area contributed by atoms with Gasteiger partial charge in [-0.1, -0.05) is 0 Å². The van der Waals surface area contributed by atoms with E-state index >= 15 is 0 Å². The predicted molar refractivity (Wildman–Crippen MR) is 58.4 cm³/mol. The number of halogens is 1. The fourth-order valence-electron chi connectivity index (χ4n) is 1.41. The van der Waals surface area contributed by atoms with Crippen molar-refractivity contribution in [2.75, 3.05) is 9.66 Å². The van der Waals surface area contributed by atoms with Gasteiger partial charge in [-0.2, -0.15) is 0 Å². The Hall–Kier alpha value is -0.780. The van der Waals surface area contributed by atoms with Crippen molar-refractivity contribution in [3.8, 4) is 5.75 Å². The van der Waals surface area contributed by atoms with Crippen LogP contribution >= 0.6 is 22.9 Å². The van der Waals surface area contributed by atoms with Crippen molar-refractivity contribution in [2.24, 2.45) is 0 Å². The summed E-state index contributed by atoms with van der Waals surface area (Å²) in [5.41, 5.74) is 1.52. The molecule has 1 aliphatic rings. The Morgan fingerprint density at radius 1 is 1.46 bits per heavy atom. The van der Waals surface area contributed by atoms with Gasteiger partial charge in [0, 0.05) is 18.5 Å². The van der Waals surface area contributed by atoms with Gasteiger partial charge in [0.1, 0.15) is 5.75 Å². The van der Waals surface area contributed by atoms with E-state index in [0.717, 1.165) is 12.2 Å². The summed E-state index contributed by atoms with van der Waals surface area (Å²) in [6.07, 6.45) is 0.527. The van der Waals surface area contributed by atoms with Crippen molar-refractivity contribution >= 4 is 34.3 Å². The molecule has 1 N–H and O–H groups in total. The highest BCUT2D eigenvalue weighted by molar-refractivity contribution is 14.1. The van der Waals surface area contributed by atoms with E-state index in [1.165, 1.54) is 6.07 Å². The Bertz CT molecular complexity index is 365. The molecule has 4 heteroatoms. The van der Waals surface area contributed by atoms with Crippen LogP contribution in [0, 0.1) is 0 Å². The first-order valence-corrected chi connectivity index (χ1v) is 4.94. The summed E-state index contributed by atoms with van der Waals surface area (Å²) in [5.74, 6) is 0.262. The van der Waals surface area contributed by atoms with Crippen LogP contribution < -0.4 is 3.11 Å². The quantitative estimate of drug-likeness (QED) is 0.587. The molecule has 0 amide bonds. The molecule has 0 spiro atoms. The molecule has 1 aliphatic heterocycles. The van der Waals surface area contributed by atoms with Gasteiger partial charge < -0.3 is 8.22 Å². The van der Waals surface area contributed by atoms with Crippen LogP contribution in [0.5, 0.6) is 5.75 Å². The minimum atomic E-state index is 0.110. The van der Waals surface area contributed by atoms with E-state index in [1.807, 2.05) is 3.11 Å². The molecule has 0 saturated carbocycles. The second-order valence-corrected chi connectivity index (χ2v) is 4.13. The number of anilines is 1. The van der Waals surface area contributed by atoms with Crippen LogP contribution in [-0.2, 0) is 0 Å². The van der Waals surface area contributed by atoms with E-state index in [9.17, 15) is 9.90 Å². The lowest BCUT2D eigenvalue weighted by molar-refractivity contribution is 0.0982. The molecule has 3 nitrogen and oxygen atoms in total. The number of carbonyl (C=O) groups excluding carboxylic acids is 1. The van der Waals surface area contributed by atoms with Gasteiger partial charge in [-0.05, 0) is 18.2 Å². The summed E-state index contributed by atoms with van der Waals surface area (Å²) in [6, 6.07) is 4.90. The molecular weight excluding hydrogens is 281 g/mol. The van der Waals surface area contributed by atoms with E-state index in [4.69, 9.17) is 0 Å². The monoisotopic (exact) mass is 289 g/mol. The Kier molecular flexibility index (Phi) is 2.15. The molecule has 2 rings (SSSR count). The largest absolute Gasteiger partial charge is 0.508 e. The van der Waals surface area contributed by atoms with Gasteiger partial charge >= 0.3 is 0 Å². The zero-order chi connectivity index (χ0) is 9.42. The normalized spacial score (nSPS) is 15.8. The summed E-state index contributed by atoms with van der Waals surface area (Å²) >= 11 is 2.17. The fraction of sp³-hybridized carbons (Fsp3) is 0.222. The number of hydrogen-bond acceptors (Lipinski definition) is 3. The number of rotatable bonds is 0. The molecular formula is C9H8INO2. The maximum atomic E-state index is 11.4. The SMILES string of the molecule is O=C1CCN(I)c2ccc(O)cc21. The minimum Gasteiger partial charge on any atom is -0.508 e. The van der Waals surface area contributed by atoms with E-state index in [2.05, 4.69) is 22.9 Å². The zero-order valence-electron chi connectivity index (χ0n) is 6.83. The highest BCUT2D eigenvalue weighted by Gasteiger charge is 2.21. The number of phenolic OH excluding ortho intramolecular Hbond substituents is 1. The van der Waals surface area contributed by atoms with Crippen LogP contribution in [0.25, 0.3) is 0 Å². The van der Waals surface area contributed by atoms with Crippen molar-refractivity contribution < 1.29 is 9.90 Å². The summed E-state index contributed by atoms with van der Waals surface area (Å²) in [4.78, 5) is 11.4. The summed E-state index contributed by atoms with van der Waals surface area (Å²) in [7, 11) is 0. The molecule has 0 aromatic heterocycles. The summed E-state index contributed by atoms with van der Waals surface area (Å²) in [6.45, 7) is 0.747. The van der Waals surface area contributed by atoms with Gasteiger partial charge in [0.2, 0.25) is 0 Å². The standard InChI is InChI=1S/C9H8INO2/c10-11-4-3-9(13)7-5-6(12)1-2-8(7)11/h1-2,5,12H,3-4H2.